The molecular weight excluding hydrogens is 250 g/mol. The quantitative estimate of drug-likeness (QED) is 0.598. The molecule has 0 saturated carbocycles. The Hall–Kier alpha value is -0.580. The molecule has 4 nitrogen and oxygen atoms in total. The molecule has 1 unspecified atom stereocenters. The molecular formula is C9H16BrNO3. The third-order valence-corrected chi connectivity index (χ3v) is 2.15. The van der Waals surface area contributed by atoms with Gasteiger partial charge in [0, 0.05) is 0 Å². The van der Waals surface area contributed by atoms with Gasteiger partial charge in [-0.2, -0.15) is 0 Å². The van der Waals surface area contributed by atoms with Gasteiger partial charge < -0.3 is 10.1 Å². The van der Waals surface area contributed by atoms with Gasteiger partial charge in [-0.15, -0.1) is 0 Å². The molecule has 0 aromatic heterocycles. The molecule has 0 spiro atoms. The highest BCUT2D eigenvalue weighted by Gasteiger charge is 2.24. The van der Waals surface area contributed by atoms with Crippen molar-refractivity contribution in [3.05, 3.63) is 0 Å². The Morgan fingerprint density at radius 3 is 2.36 bits per heavy atom. The molecule has 0 aliphatic rings. The lowest BCUT2D eigenvalue weighted by Crippen LogP contribution is -2.45. The van der Waals surface area contributed by atoms with E-state index in [1.807, 2.05) is 13.8 Å². The Morgan fingerprint density at radius 1 is 1.43 bits per heavy atom. The molecule has 0 aliphatic carbocycles. The third kappa shape index (κ3) is 4.60. The van der Waals surface area contributed by atoms with Gasteiger partial charge in [0.05, 0.1) is 11.9 Å². The van der Waals surface area contributed by atoms with E-state index in [1.54, 1.807) is 6.92 Å². The molecule has 0 aliphatic heterocycles. The Kier molecular flexibility index (Phi) is 6.53. The third-order valence-electron chi connectivity index (χ3n) is 1.65. The SMILES string of the molecule is CCOC(=O)C(NC(=O)CBr)C(C)C. The number of nitrogens with one attached hydrogen (secondary N) is 1. The van der Waals surface area contributed by atoms with Crippen molar-refractivity contribution >= 4 is 27.8 Å². The smallest absolute Gasteiger partial charge is 0.328 e. The van der Waals surface area contributed by atoms with Crippen LogP contribution in [0.25, 0.3) is 0 Å². The molecule has 0 rings (SSSR count). The second-order valence-corrected chi connectivity index (χ2v) is 3.74. The zero-order valence-electron chi connectivity index (χ0n) is 8.67. The van der Waals surface area contributed by atoms with Gasteiger partial charge in [0.15, 0.2) is 0 Å². The maximum Gasteiger partial charge on any atom is 0.328 e. The van der Waals surface area contributed by atoms with E-state index in [0.717, 1.165) is 0 Å². The highest BCUT2D eigenvalue weighted by molar-refractivity contribution is 9.09. The van der Waals surface area contributed by atoms with E-state index in [-0.39, 0.29) is 23.1 Å². The van der Waals surface area contributed by atoms with Gasteiger partial charge in [0.25, 0.3) is 0 Å². The molecule has 5 heteroatoms. The lowest BCUT2D eigenvalue weighted by molar-refractivity contribution is -0.148. The summed E-state index contributed by atoms with van der Waals surface area (Å²) < 4.78 is 4.84. The number of carbonyl (C=O) groups is 2. The lowest BCUT2D eigenvalue weighted by atomic mass is 10.0. The molecule has 0 saturated heterocycles. The standard InChI is InChI=1S/C9H16BrNO3/c1-4-14-9(13)8(6(2)3)11-7(12)5-10/h6,8H,4-5H2,1-3H3,(H,11,12). The van der Waals surface area contributed by atoms with Crippen LogP contribution in [0, 0.1) is 5.92 Å². The summed E-state index contributed by atoms with van der Waals surface area (Å²) in [5.41, 5.74) is 0. The average Bonchev–Trinajstić information content (AvgIpc) is 2.13. The van der Waals surface area contributed by atoms with Crippen LogP contribution in [0.2, 0.25) is 0 Å². The fraction of sp³-hybridized carbons (Fsp3) is 0.778. The largest absolute Gasteiger partial charge is 0.464 e. The van der Waals surface area contributed by atoms with E-state index in [4.69, 9.17) is 4.74 Å². The van der Waals surface area contributed by atoms with Crippen LogP contribution in [0.5, 0.6) is 0 Å². The van der Waals surface area contributed by atoms with Gasteiger partial charge >= 0.3 is 5.97 Å². The maximum atomic E-state index is 11.4. The van der Waals surface area contributed by atoms with Gasteiger partial charge in [-0.25, -0.2) is 4.79 Å². The number of amides is 1. The first-order valence-corrected chi connectivity index (χ1v) is 5.67. The topological polar surface area (TPSA) is 55.4 Å². The normalized spacial score (nSPS) is 12.4. The minimum Gasteiger partial charge on any atom is -0.464 e. The van der Waals surface area contributed by atoms with Crippen molar-refractivity contribution in [2.75, 3.05) is 11.9 Å². The molecule has 1 N–H and O–H groups in total. The second-order valence-electron chi connectivity index (χ2n) is 3.17. The van der Waals surface area contributed by atoms with Crippen LogP contribution in [-0.2, 0) is 14.3 Å². The Labute approximate surface area is 92.5 Å². The number of alkyl halides is 1. The Bertz CT molecular complexity index is 206. The molecule has 1 amide bonds. The van der Waals surface area contributed by atoms with E-state index in [0.29, 0.717) is 6.61 Å². The van der Waals surface area contributed by atoms with E-state index in [9.17, 15) is 9.59 Å². The molecule has 82 valence electrons. The van der Waals surface area contributed by atoms with E-state index in [1.165, 1.54) is 0 Å². The van der Waals surface area contributed by atoms with Gasteiger partial charge in [0.1, 0.15) is 6.04 Å². The van der Waals surface area contributed by atoms with Crippen LogP contribution in [-0.4, -0.2) is 29.9 Å². The summed E-state index contributed by atoms with van der Waals surface area (Å²) in [4.78, 5) is 22.5. The second kappa shape index (κ2) is 6.81. The van der Waals surface area contributed by atoms with Gasteiger partial charge in [-0.3, -0.25) is 4.79 Å². The number of hydrogen-bond acceptors (Lipinski definition) is 3. The summed E-state index contributed by atoms with van der Waals surface area (Å²) in [5.74, 6) is -0.564. The summed E-state index contributed by atoms with van der Waals surface area (Å²) >= 11 is 3.02. The molecule has 0 radical (unpaired) electrons. The minimum atomic E-state index is -0.556. The zero-order chi connectivity index (χ0) is 11.1. The van der Waals surface area contributed by atoms with Crippen molar-refractivity contribution < 1.29 is 14.3 Å². The predicted molar refractivity (Wildman–Crippen MR) is 57.2 cm³/mol. The fourth-order valence-corrected chi connectivity index (χ4v) is 1.10. The summed E-state index contributed by atoms with van der Waals surface area (Å²) in [5, 5.41) is 2.78. The average molecular weight is 266 g/mol. The monoisotopic (exact) mass is 265 g/mol. The molecule has 0 aromatic rings. The number of ether oxygens (including phenoxy) is 1. The van der Waals surface area contributed by atoms with Gasteiger partial charge in [-0.05, 0) is 12.8 Å². The molecule has 0 heterocycles. The maximum absolute atomic E-state index is 11.4. The van der Waals surface area contributed by atoms with Crippen molar-refractivity contribution in [2.45, 2.75) is 26.8 Å². The highest BCUT2D eigenvalue weighted by atomic mass is 79.9. The zero-order valence-corrected chi connectivity index (χ0v) is 10.3. The number of esters is 1. The van der Waals surface area contributed by atoms with Crippen molar-refractivity contribution in [1.29, 1.82) is 0 Å². The van der Waals surface area contributed by atoms with Crippen LogP contribution in [0.15, 0.2) is 0 Å². The molecule has 1 atom stereocenters. The number of rotatable bonds is 5. The summed E-state index contributed by atoms with van der Waals surface area (Å²) in [6, 6.07) is -0.556. The van der Waals surface area contributed by atoms with Crippen molar-refractivity contribution in [1.82, 2.24) is 5.32 Å². The first kappa shape index (κ1) is 13.4. The summed E-state index contributed by atoms with van der Waals surface area (Å²) in [6.07, 6.45) is 0. The summed E-state index contributed by atoms with van der Waals surface area (Å²) in [6.45, 7) is 5.78. The van der Waals surface area contributed by atoms with Crippen LogP contribution >= 0.6 is 15.9 Å². The lowest BCUT2D eigenvalue weighted by Gasteiger charge is -2.19. The van der Waals surface area contributed by atoms with Crippen molar-refractivity contribution in [3.8, 4) is 0 Å². The minimum absolute atomic E-state index is 0.0250. The highest BCUT2D eigenvalue weighted by Crippen LogP contribution is 2.04. The van der Waals surface area contributed by atoms with Crippen LogP contribution in [0.4, 0.5) is 0 Å². The van der Waals surface area contributed by atoms with Crippen molar-refractivity contribution in [2.24, 2.45) is 5.92 Å². The van der Waals surface area contributed by atoms with E-state index < -0.39 is 6.04 Å². The van der Waals surface area contributed by atoms with E-state index >= 15 is 0 Å². The Morgan fingerprint density at radius 2 is 2.00 bits per heavy atom. The number of hydrogen-bond donors (Lipinski definition) is 1. The predicted octanol–water partition coefficient (Wildman–Crippen LogP) is 1.09. The van der Waals surface area contributed by atoms with Crippen LogP contribution < -0.4 is 5.32 Å². The first-order chi connectivity index (χ1) is 6.52. The van der Waals surface area contributed by atoms with E-state index in [2.05, 4.69) is 21.2 Å². The molecule has 0 aromatic carbocycles. The van der Waals surface area contributed by atoms with Crippen molar-refractivity contribution in [3.63, 3.8) is 0 Å². The Balaban J connectivity index is 4.29. The molecule has 14 heavy (non-hydrogen) atoms. The molecule has 0 bridgehead atoms. The first-order valence-electron chi connectivity index (χ1n) is 4.54. The number of halogens is 1. The van der Waals surface area contributed by atoms with Gasteiger partial charge in [-0.1, -0.05) is 29.8 Å². The van der Waals surface area contributed by atoms with Crippen LogP contribution in [0.1, 0.15) is 20.8 Å². The van der Waals surface area contributed by atoms with Crippen LogP contribution in [0.3, 0.4) is 0 Å². The fourth-order valence-electron chi connectivity index (χ4n) is 0.942. The number of carbonyl (C=O) groups excluding carboxylic acids is 2. The summed E-state index contributed by atoms with van der Waals surface area (Å²) in [7, 11) is 0. The van der Waals surface area contributed by atoms with Gasteiger partial charge in [0.2, 0.25) is 5.91 Å². The molecule has 0 fully saturated rings.